The van der Waals surface area contributed by atoms with Crippen molar-refractivity contribution in [2.75, 3.05) is 62.7 Å². The highest BCUT2D eigenvalue weighted by atomic mass is 35.5. The molecule has 0 atom stereocenters. The fourth-order valence-corrected chi connectivity index (χ4v) is 3.53. The van der Waals surface area contributed by atoms with Gasteiger partial charge < -0.3 is 19.7 Å². The molecule has 9 heteroatoms. The third-order valence-corrected chi connectivity index (χ3v) is 5.17. The van der Waals surface area contributed by atoms with Crippen LogP contribution >= 0.6 is 11.6 Å². The van der Waals surface area contributed by atoms with Gasteiger partial charge in [-0.2, -0.15) is 5.10 Å². The lowest BCUT2D eigenvalue weighted by Gasteiger charge is -2.37. The molecule has 4 rings (SSSR count). The average Bonchev–Trinajstić information content (AvgIpc) is 2.71. The monoisotopic (exact) mass is 391 g/mol. The predicted octanol–water partition coefficient (Wildman–Crippen LogP) is 1.43. The summed E-state index contributed by atoms with van der Waals surface area (Å²) >= 11 is 5.97. The van der Waals surface area contributed by atoms with Crippen molar-refractivity contribution in [3.05, 3.63) is 39.8 Å². The Kier molecular flexibility index (Phi) is 5.35. The molecule has 0 amide bonds. The molecule has 1 aromatic carbocycles. The van der Waals surface area contributed by atoms with Crippen LogP contribution in [0.3, 0.4) is 0 Å². The Hall–Kier alpha value is -2.45. The van der Waals surface area contributed by atoms with Gasteiger partial charge in [-0.3, -0.25) is 9.69 Å². The van der Waals surface area contributed by atoms with Crippen molar-refractivity contribution >= 4 is 23.0 Å². The van der Waals surface area contributed by atoms with E-state index in [-0.39, 0.29) is 10.6 Å². The molecule has 2 aliphatic heterocycles. The topological polar surface area (TPSA) is 82.7 Å². The number of ether oxygens (including phenoxy) is 2. The molecule has 1 fully saturated rings. The van der Waals surface area contributed by atoms with E-state index in [0.717, 1.165) is 49.9 Å². The van der Waals surface area contributed by atoms with E-state index in [4.69, 9.17) is 21.1 Å². The first-order valence-electron chi connectivity index (χ1n) is 9.05. The van der Waals surface area contributed by atoms with Crippen molar-refractivity contribution in [3.8, 4) is 11.5 Å². The number of benzene rings is 1. The Bertz CT molecular complexity index is 851. The van der Waals surface area contributed by atoms with E-state index in [1.807, 2.05) is 12.1 Å². The summed E-state index contributed by atoms with van der Waals surface area (Å²) in [6.45, 7) is 6.51. The van der Waals surface area contributed by atoms with Crippen LogP contribution in [0.1, 0.15) is 0 Å². The van der Waals surface area contributed by atoms with Gasteiger partial charge in [0.15, 0.2) is 11.5 Å². The highest BCUT2D eigenvalue weighted by Crippen LogP contribution is 2.39. The van der Waals surface area contributed by atoms with Gasteiger partial charge in [-0.15, -0.1) is 0 Å². The highest BCUT2D eigenvalue weighted by molar-refractivity contribution is 6.32. The van der Waals surface area contributed by atoms with Crippen LogP contribution in [0.15, 0.2) is 29.2 Å². The number of hydrogen-bond donors (Lipinski definition) is 2. The minimum Gasteiger partial charge on any atom is -0.486 e. The SMILES string of the molecule is O=c1[nH]ncc(NCCN2CCN(c3cccc4c3OCCO4)CC2)c1Cl. The molecule has 3 heterocycles. The fraction of sp³-hybridized carbons (Fsp3) is 0.444. The van der Waals surface area contributed by atoms with Gasteiger partial charge in [-0.05, 0) is 12.1 Å². The lowest BCUT2D eigenvalue weighted by atomic mass is 10.2. The van der Waals surface area contributed by atoms with Crippen LogP contribution in [0.5, 0.6) is 11.5 Å². The molecule has 1 saturated heterocycles. The number of fused-ring (bicyclic) bond motifs is 1. The van der Waals surface area contributed by atoms with Gasteiger partial charge in [0.2, 0.25) is 0 Å². The fourth-order valence-electron chi connectivity index (χ4n) is 3.38. The van der Waals surface area contributed by atoms with Crippen LogP contribution in [0.4, 0.5) is 11.4 Å². The van der Waals surface area contributed by atoms with Crippen molar-refractivity contribution in [2.24, 2.45) is 0 Å². The van der Waals surface area contributed by atoms with Crippen LogP contribution in [0.25, 0.3) is 0 Å². The number of nitrogens with zero attached hydrogens (tertiary/aromatic N) is 3. The zero-order valence-electron chi connectivity index (χ0n) is 14.9. The molecule has 144 valence electrons. The van der Waals surface area contributed by atoms with E-state index in [1.165, 1.54) is 6.20 Å². The van der Waals surface area contributed by atoms with E-state index < -0.39 is 0 Å². The second kappa shape index (κ2) is 8.06. The maximum atomic E-state index is 11.5. The maximum Gasteiger partial charge on any atom is 0.285 e. The molecular weight excluding hydrogens is 370 g/mol. The van der Waals surface area contributed by atoms with E-state index in [9.17, 15) is 4.79 Å². The van der Waals surface area contributed by atoms with E-state index >= 15 is 0 Å². The van der Waals surface area contributed by atoms with Crippen LogP contribution in [0, 0.1) is 0 Å². The molecule has 2 N–H and O–H groups in total. The average molecular weight is 392 g/mol. The Morgan fingerprint density at radius 2 is 2.00 bits per heavy atom. The number of anilines is 2. The first kappa shape index (κ1) is 17.9. The lowest BCUT2D eigenvalue weighted by molar-refractivity contribution is 0.171. The standard InChI is InChI=1S/C18H22ClN5O3/c19-16-13(12-21-22-18(16)25)20-4-5-23-6-8-24(9-7-23)14-2-1-3-15-17(14)27-11-10-26-15/h1-3,12H,4-11H2,(H2,20,22,25). The molecule has 0 spiro atoms. The van der Waals surface area contributed by atoms with Crippen LogP contribution in [0.2, 0.25) is 5.02 Å². The van der Waals surface area contributed by atoms with Crippen molar-refractivity contribution in [2.45, 2.75) is 0 Å². The largest absolute Gasteiger partial charge is 0.486 e. The summed E-state index contributed by atoms with van der Waals surface area (Å²) in [5, 5.41) is 9.39. The molecule has 8 nitrogen and oxygen atoms in total. The van der Waals surface area contributed by atoms with Gasteiger partial charge in [0.25, 0.3) is 5.56 Å². The van der Waals surface area contributed by atoms with Crippen LogP contribution < -0.4 is 25.2 Å². The van der Waals surface area contributed by atoms with Gasteiger partial charge in [-0.25, -0.2) is 5.10 Å². The number of para-hydroxylation sites is 1. The van der Waals surface area contributed by atoms with Gasteiger partial charge in [0.1, 0.15) is 18.2 Å². The van der Waals surface area contributed by atoms with Crippen LogP contribution in [-0.4, -0.2) is 67.6 Å². The first-order valence-corrected chi connectivity index (χ1v) is 9.43. The molecule has 0 unspecified atom stereocenters. The molecule has 0 radical (unpaired) electrons. The number of hydrogen-bond acceptors (Lipinski definition) is 7. The van der Waals surface area contributed by atoms with Crippen molar-refractivity contribution in [3.63, 3.8) is 0 Å². The van der Waals surface area contributed by atoms with E-state index in [0.29, 0.717) is 25.4 Å². The quantitative estimate of drug-likeness (QED) is 0.797. The minimum atomic E-state index is -0.382. The lowest BCUT2D eigenvalue weighted by Crippen LogP contribution is -2.47. The molecule has 0 saturated carbocycles. The highest BCUT2D eigenvalue weighted by Gasteiger charge is 2.23. The summed E-state index contributed by atoms with van der Waals surface area (Å²) in [5.74, 6) is 1.68. The number of nitrogens with one attached hydrogen (secondary N) is 2. The number of aromatic nitrogens is 2. The molecular formula is C18H22ClN5O3. The maximum absolute atomic E-state index is 11.5. The molecule has 27 heavy (non-hydrogen) atoms. The van der Waals surface area contributed by atoms with Crippen LogP contribution in [-0.2, 0) is 0 Å². The molecule has 2 aromatic rings. The van der Waals surface area contributed by atoms with Gasteiger partial charge in [0.05, 0.1) is 17.6 Å². The normalized spacial score (nSPS) is 17.0. The van der Waals surface area contributed by atoms with E-state index in [1.54, 1.807) is 0 Å². The number of halogens is 1. The third-order valence-electron chi connectivity index (χ3n) is 4.80. The first-order chi connectivity index (χ1) is 13.2. The van der Waals surface area contributed by atoms with Gasteiger partial charge in [0, 0.05) is 39.3 Å². The summed E-state index contributed by atoms with van der Waals surface area (Å²) in [7, 11) is 0. The number of rotatable bonds is 5. The van der Waals surface area contributed by atoms with E-state index in [2.05, 4.69) is 31.4 Å². The van der Waals surface area contributed by atoms with Gasteiger partial charge >= 0.3 is 0 Å². The Morgan fingerprint density at radius 1 is 1.19 bits per heavy atom. The number of piperazine rings is 1. The second-order valence-corrected chi connectivity index (χ2v) is 6.86. The summed E-state index contributed by atoms with van der Waals surface area (Å²) in [6, 6.07) is 6.06. The third kappa shape index (κ3) is 3.96. The second-order valence-electron chi connectivity index (χ2n) is 6.48. The van der Waals surface area contributed by atoms with Crippen molar-refractivity contribution in [1.82, 2.24) is 15.1 Å². The summed E-state index contributed by atoms with van der Waals surface area (Å²) in [6.07, 6.45) is 1.53. The predicted molar refractivity (Wildman–Crippen MR) is 104 cm³/mol. The molecule has 0 aliphatic carbocycles. The summed E-state index contributed by atoms with van der Waals surface area (Å²) in [4.78, 5) is 16.2. The van der Waals surface area contributed by atoms with Crippen molar-refractivity contribution in [1.29, 1.82) is 0 Å². The Labute approximate surface area is 162 Å². The number of H-pyrrole nitrogens is 1. The smallest absolute Gasteiger partial charge is 0.285 e. The zero-order chi connectivity index (χ0) is 18.6. The van der Waals surface area contributed by atoms with Gasteiger partial charge in [-0.1, -0.05) is 17.7 Å². The summed E-state index contributed by atoms with van der Waals surface area (Å²) < 4.78 is 11.5. The summed E-state index contributed by atoms with van der Waals surface area (Å²) in [5.41, 5.74) is 1.28. The molecule has 2 aliphatic rings. The van der Waals surface area contributed by atoms with Crippen molar-refractivity contribution < 1.29 is 9.47 Å². The number of aromatic amines is 1. The molecule has 0 bridgehead atoms. The Morgan fingerprint density at radius 3 is 2.85 bits per heavy atom. The minimum absolute atomic E-state index is 0.144. The zero-order valence-corrected chi connectivity index (χ0v) is 15.7. The Balaban J connectivity index is 1.30. The molecule has 1 aromatic heterocycles.